The Morgan fingerprint density at radius 3 is 2.26 bits per heavy atom. The van der Waals surface area contributed by atoms with Crippen molar-refractivity contribution in [3.63, 3.8) is 0 Å². The lowest BCUT2D eigenvalue weighted by Crippen LogP contribution is -2.50. The number of benzene rings is 2. The summed E-state index contributed by atoms with van der Waals surface area (Å²) in [6.45, 7) is 5.52. The van der Waals surface area contributed by atoms with Gasteiger partial charge < -0.3 is 19.3 Å². The van der Waals surface area contributed by atoms with Gasteiger partial charge in [0.25, 0.3) is 5.91 Å². The topological polar surface area (TPSA) is 69.8 Å². The zero-order chi connectivity index (χ0) is 28.3. The van der Waals surface area contributed by atoms with Crippen LogP contribution in [-0.4, -0.2) is 46.6 Å². The van der Waals surface area contributed by atoms with Crippen molar-refractivity contribution in [2.75, 3.05) is 24.5 Å². The van der Waals surface area contributed by atoms with Crippen LogP contribution in [0.15, 0.2) is 41.1 Å². The van der Waals surface area contributed by atoms with E-state index in [9.17, 15) is 36.2 Å². The molecule has 0 saturated heterocycles. The van der Waals surface area contributed by atoms with E-state index in [1.165, 1.54) is 12.3 Å². The van der Waals surface area contributed by atoms with Crippen molar-refractivity contribution < 1.29 is 40.7 Å². The fraction of sp³-hybridized carbons (Fsp3) is 0.407. The number of oxazole rings is 1. The number of halogens is 6. The Labute approximate surface area is 219 Å². The number of alkyl halides is 3. The molecule has 2 aliphatic rings. The van der Waals surface area contributed by atoms with Gasteiger partial charge in [-0.3, -0.25) is 4.79 Å². The van der Waals surface area contributed by atoms with Crippen LogP contribution in [0.5, 0.6) is 0 Å². The number of nitrogens with zero attached hydrogens (tertiary/aromatic N) is 3. The number of anilines is 1. The highest BCUT2D eigenvalue weighted by atomic mass is 19.4. The summed E-state index contributed by atoms with van der Waals surface area (Å²) in [6.07, 6.45) is -1.50. The number of rotatable bonds is 7. The molecule has 1 aliphatic carbocycles. The summed E-state index contributed by atoms with van der Waals surface area (Å²) in [5.41, 5.74) is -7.83. The molecule has 2 heterocycles. The van der Waals surface area contributed by atoms with Gasteiger partial charge in [0.05, 0.1) is 23.0 Å². The van der Waals surface area contributed by atoms with Crippen molar-refractivity contribution >= 4 is 11.6 Å². The molecule has 208 valence electrons. The average molecular weight is 554 g/mol. The van der Waals surface area contributed by atoms with Gasteiger partial charge >= 0.3 is 6.18 Å². The van der Waals surface area contributed by atoms with Gasteiger partial charge in [0, 0.05) is 35.8 Å². The summed E-state index contributed by atoms with van der Waals surface area (Å²) in [7, 11) is 0. The first-order chi connectivity index (χ1) is 18.4. The van der Waals surface area contributed by atoms with Crippen LogP contribution < -0.4 is 4.90 Å². The lowest BCUT2D eigenvalue weighted by molar-refractivity contribution is -0.142. The fourth-order valence-corrected chi connectivity index (χ4v) is 5.79. The molecule has 0 radical (unpaired) electrons. The summed E-state index contributed by atoms with van der Waals surface area (Å²) in [5.74, 6) is -6.42. The highest BCUT2D eigenvalue weighted by molar-refractivity contribution is 6.10. The normalized spacial score (nSPS) is 22.9. The minimum absolute atomic E-state index is 0.0946. The number of hydrogen-bond donors (Lipinski definition) is 1. The number of amides is 1. The van der Waals surface area contributed by atoms with Crippen LogP contribution >= 0.6 is 0 Å². The smallest absolute Gasteiger partial charge is 0.416 e. The molecule has 1 amide bonds. The van der Waals surface area contributed by atoms with E-state index in [0.717, 1.165) is 24.3 Å². The van der Waals surface area contributed by atoms with Crippen LogP contribution in [0.2, 0.25) is 0 Å². The maximum absolute atomic E-state index is 15.0. The van der Waals surface area contributed by atoms with E-state index in [0.29, 0.717) is 18.9 Å². The second-order valence-electron chi connectivity index (χ2n) is 9.84. The van der Waals surface area contributed by atoms with Crippen molar-refractivity contribution in [2.45, 2.75) is 44.5 Å². The van der Waals surface area contributed by atoms with Gasteiger partial charge in [-0.2, -0.15) is 13.2 Å². The third kappa shape index (κ3) is 4.39. The zero-order valence-corrected chi connectivity index (χ0v) is 21.0. The van der Waals surface area contributed by atoms with Gasteiger partial charge in [-0.1, -0.05) is 13.8 Å². The van der Waals surface area contributed by atoms with E-state index in [1.54, 1.807) is 0 Å². The number of hydrogen-bond acceptors (Lipinski definition) is 5. The molecule has 1 aromatic heterocycles. The van der Waals surface area contributed by atoms with Gasteiger partial charge in [-0.15, -0.1) is 0 Å². The predicted molar refractivity (Wildman–Crippen MR) is 128 cm³/mol. The van der Waals surface area contributed by atoms with Gasteiger partial charge in [0.2, 0.25) is 11.5 Å². The van der Waals surface area contributed by atoms with E-state index in [1.807, 2.05) is 13.8 Å². The summed E-state index contributed by atoms with van der Waals surface area (Å²) in [6, 6.07) is 2.41. The van der Waals surface area contributed by atoms with Crippen LogP contribution in [0, 0.1) is 23.4 Å². The molecular formula is C27H25F6N3O3. The predicted octanol–water partition coefficient (Wildman–Crippen LogP) is 5.48. The Bertz CT molecular complexity index is 1380. The number of aromatic nitrogens is 1. The molecule has 3 aromatic rings. The van der Waals surface area contributed by atoms with E-state index < -0.39 is 51.8 Å². The largest absolute Gasteiger partial charge is 0.445 e. The molecule has 39 heavy (non-hydrogen) atoms. The average Bonchev–Trinajstić information content (AvgIpc) is 3.44. The molecule has 1 aliphatic heterocycles. The molecule has 6 nitrogen and oxygen atoms in total. The second-order valence-corrected chi connectivity index (χ2v) is 9.84. The first-order valence-corrected chi connectivity index (χ1v) is 12.5. The molecule has 5 rings (SSSR count). The first kappa shape index (κ1) is 27.2. The maximum atomic E-state index is 15.0. The monoisotopic (exact) mass is 553 g/mol. The Balaban J connectivity index is 1.69. The minimum atomic E-state index is -5.16. The zero-order valence-electron chi connectivity index (χ0n) is 21.0. The standard InChI is InChI=1S/C27H25F6N3O3/c1-3-35(4-2)17-7-14(8-17)13-36-21-10-15(24-34-5-6-39-24)9-18(27(31,32)33)22(21)26(38,25(36)37)23-19(29)11-16(28)12-20(23)30/h5-6,9-12,14,17,38H,3-4,7-8,13H2,1-2H3/t14-,17-,26?. The molecule has 2 aromatic carbocycles. The number of fused-ring (bicyclic) bond motifs is 1. The lowest BCUT2D eigenvalue weighted by atomic mass is 9.78. The molecular weight excluding hydrogens is 528 g/mol. The van der Waals surface area contributed by atoms with Gasteiger partial charge in [-0.05, 0) is 44.0 Å². The van der Waals surface area contributed by atoms with Gasteiger partial charge in [0.1, 0.15) is 23.7 Å². The third-order valence-electron chi connectivity index (χ3n) is 7.66. The van der Waals surface area contributed by atoms with Gasteiger partial charge in [-0.25, -0.2) is 18.2 Å². The van der Waals surface area contributed by atoms with Crippen LogP contribution in [0.3, 0.4) is 0 Å². The van der Waals surface area contributed by atoms with Crippen LogP contribution in [-0.2, 0) is 16.6 Å². The highest BCUT2D eigenvalue weighted by Gasteiger charge is 2.58. The highest BCUT2D eigenvalue weighted by Crippen LogP contribution is 2.53. The molecule has 0 spiro atoms. The van der Waals surface area contributed by atoms with Crippen molar-refractivity contribution in [2.24, 2.45) is 5.92 Å². The lowest BCUT2D eigenvalue weighted by Gasteiger charge is -2.43. The Morgan fingerprint density at radius 2 is 1.72 bits per heavy atom. The number of carbonyl (C=O) groups is 1. The van der Waals surface area contributed by atoms with Crippen LogP contribution in [0.4, 0.5) is 32.0 Å². The Morgan fingerprint density at radius 1 is 1.08 bits per heavy atom. The van der Waals surface area contributed by atoms with Crippen molar-refractivity contribution in [3.05, 3.63) is 70.9 Å². The summed E-state index contributed by atoms with van der Waals surface area (Å²) in [5, 5.41) is 11.7. The number of aliphatic hydroxyl groups is 1. The van der Waals surface area contributed by atoms with Crippen LogP contribution in [0.1, 0.15) is 43.4 Å². The van der Waals surface area contributed by atoms with E-state index in [-0.39, 0.29) is 47.8 Å². The maximum Gasteiger partial charge on any atom is 0.416 e. The molecule has 12 heteroatoms. The summed E-state index contributed by atoms with van der Waals surface area (Å²) in [4.78, 5) is 20.8. The number of carbonyl (C=O) groups excluding carboxylic acids is 1. The van der Waals surface area contributed by atoms with E-state index in [2.05, 4.69) is 9.88 Å². The van der Waals surface area contributed by atoms with Crippen molar-refractivity contribution in [1.82, 2.24) is 9.88 Å². The molecule has 1 atom stereocenters. The Kier molecular flexibility index (Phi) is 6.74. The minimum Gasteiger partial charge on any atom is -0.445 e. The molecule has 0 bridgehead atoms. The second kappa shape index (κ2) is 9.67. The summed E-state index contributed by atoms with van der Waals surface area (Å²) >= 11 is 0. The van der Waals surface area contributed by atoms with Gasteiger partial charge in [0.15, 0.2) is 0 Å². The third-order valence-corrected chi connectivity index (χ3v) is 7.66. The van der Waals surface area contributed by atoms with Crippen LogP contribution in [0.25, 0.3) is 11.5 Å². The Hall–Kier alpha value is -3.38. The molecule has 1 fully saturated rings. The quantitative estimate of drug-likeness (QED) is 0.393. The van der Waals surface area contributed by atoms with E-state index in [4.69, 9.17) is 4.42 Å². The van der Waals surface area contributed by atoms with Crippen molar-refractivity contribution in [3.8, 4) is 11.5 Å². The molecule has 1 saturated carbocycles. The fourth-order valence-electron chi connectivity index (χ4n) is 5.79. The first-order valence-electron chi connectivity index (χ1n) is 12.5. The van der Waals surface area contributed by atoms with E-state index >= 15 is 0 Å². The summed E-state index contributed by atoms with van der Waals surface area (Å²) < 4.78 is 92.2. The van der Waals surface area contributed by atoms with Crippen molar-refractivity contribution in [1.29, 1.82) is 0 Å². The molecule has 1 N–H and O–H groups in total. The SMILES string of the molecule is CCN(CC)[C@H]1C[C@H](CN2C(=O)C(O)(c3c(F)cc(F)cc3F)c3c2cc(-c2ncco2)cc3C(F)(F)F)C1. The molecule has 1 unspecified atom stereocenters.